The van der Waals surface area contributed by atoms with Gasteiger partial charge in [0.2, 0.25) is 5.91 Å². The number of halogens is 1. The van der Waals surface area contributed by atoms with Crippen LogP contribution in [-0.4, -0.2) is 17.5 Å². The molecule has 0 unspecified atom stereocenters. The van der Waals surface area contributed by atoms with E-state index in [-0.39, 0.29) is 11.7 Å². The molecule has 138 valence electrons. The van der Waals surface area contributed by atoms with Crippen LogP contribution in [0.4, 0.5) is 9.52 Å². The zero-order valence-electron chi connectivity index (χ0n) is 14.8. The molecule has 0 fully saturated rings. The summed E-state index contributed by atoms with van der Waals surface area (Å²) >= 11 is 1.36. The number of hydrogen-bond acceptors (Lipinski definition) is 4. The Morgan fingerprint density at radius 1 is 1.19 bits per heavy atom. The van der Waals surface area contributed by atoms with Crippen LogP contribution < -0.4 is 10.1 Å². The fourth-order valence-electron chi connectivity index (χ4n) is 2.30. The van der Waals surface area contributed by atoms with Crippen molar-refractivity contribution in [2.75, 3.05) is 11.9 Å². The lowest BCUT2D eigenvalue weighted by Gasteiger charge is -2.04. The number of thiazole rings is 1. The molecule has 0 aliphatic rings. The maximum Gasteiger partial charge on any atom is 0.250 e. The van der Waals surface area contributed by atoms with E-state index in [1.807, 2.05) is 29.6 Å². The van der Waals surface area contributed by atoms with Gasteiger partial charge in [-0.15, -0.1) is 11.3 Å². The number of benzene rings is 2. The summed E-state index contributed by atoms with van der Waals surface area (Å²) in [5.41, 5.74) is 2.49. The van der Waals surface area contributed by atoms with Crippen molar-refractivity contribution < 1.29 is 13.9 Å². The first-order valence-electron chi connectivity index (χ1n) is 8.57. The standard InChI is InChI=1S/C21H19FN2O2S/c1-2-13-26-18-10-6-16(7-11-18)19-14-27-21(23-19)24-20(25)12-5-15-3-8-17(22)9-4-15/h3-12,14H,2,13H2,1H3,(H,23,24,25)/b12-5+. The van der Waals surface area contributed by atoms with Crippen LogP contribution in [0.3, 0.4) is 0 Å². The van der Waals surface area contributed by atoms with Gasteiger partial charge in [-0.1, -0.05) is 19.1 Å². The molecule has 0 bridgehead atoms. The minimum atomic E-state index is -0.308. The molecule has 4 nitrogen and oxygen atoms in total. The van der Waals surface area contributed by atoms with E-state index in [2.05, 4.69) is 17.2 Å². The predicted molar refractivity (Wildman–Crippen MR) is 107 cm³/mol. The van der Waals surface area contributed by atoms with Crippen LogP contribution >= 0.6 is 11.3 Å². The molecule has 3 aromatic rings. The Morgan fingerprint density at radius 3 is 2.63 bits per heavy atom. The summed E-state index contributed by atoms with van der Waals surface area (Å²) in [4.78, 5) is 16.5. The summed E-state index contributed by atoms with van der Waals surface area (Å²) in [6.07, 6.45) is 3.99. The van der Waals surface area contributed by atoms with Gasteiger partial charge in [-0.25, -0.2) is 9.37 Å². The van der Waals surface area contributed by atoms with E-state index in [1.54, 1.807) is 18.2 Å². The summed E-state index contributed by atoms with van der Waals surface area (Å²) in [6.45, 7) is 2.76. The number of hydrogen-bond donors (Lipinski definition) is 1. The number of carbonyl (C=O) groups excluding carboxylic acids is 1. The van der Waals surface area contributed by atoms with E-state index in [4.69, 9.17) is 4.74 Å². The minimum Gasteiger partial charge on any atom is -0.494 e. The highest BCUT2D eigenvalue weighted by molar-refractivity contribution is 7.14. The van der Waals surface area contributed by atoms with Crippen LogP contribution in [0.2, 0.25) is 0 Å². The third-order valence-corrected chi connectivity index (χ3v) is 4.41. The summed E-state index contributed by atoms with van der Waals surface area (Å²) in [5.74, 6) is 0.232. The van der Waals surface area contributed by atoms with Crippen LogP contribution in [0.1, 0.15) is 18.9 Å². The van der Waals surface area contributed by atoms with E-state index >= 15 is 0 Å². The Balaban J connectivity index is 1.60. The molecule has 0 spiro atoms. The SMILES string of the molecule is CCCOc1ccc(-c2csc(NC(=O)/C=C/c3ccc(F)cc3)n2)cc1. The first-order valence-corrected chi connectivity index (χ1v) is 9.45. The number of anilines is 1. The van der Waals surface area contributed by atoms with Gasteiger partial charge in [0, 0.05) is 17.0 Å². The Morgan fingerprint density at radius 2 is 1.93 bits per heavy atom. The highest BCUT2D eigenvalue weighted by Gasteiger charge is 2.07. The second-order valence-electron chi connectivity index (χ2n) is 5.78. The Bertz CT molecular complexity index is 918. The van der Waals surface area contributed by atoms with Crippen molar-refractivity contribution in [3.8, 4) is 17.0 Å². The molecular formula is C21H19FN2O2S. The van der Waals surface area contributed by atoms with Gasteiger partial charge in [-0.05, 0) is 54.5 Å². The Kier molecular flexibility index (Phi) is 6.33. The minimum absolute atomic E-state index is 0.288. The molecule has 27 heavy (non-hydrogen) atoms. The van der Waals surface area contributed by atoms with Gasteiger partial charge >= 0.3 is 0 Å². The van der Waals surface area contributed by atoms with E-state index < -0.39 is 0 Å². The summed E-state index contributed by atoms with van der Waals surface area (Å²) < 4.78 is 18.4. The van der Waals surface area contributed by atoms with E-state index in [1.165, 1.54) is 29.5 Å². The van der Waals surface area contributed by atoms with Gasteiger partial charge in [-0.2, -0.15) is 0 Å². The van der Waals surface area contributed by atoms with E-state index in [0.29, 0.717) is 11.7 Å². The van der Waals surface area contributed by atoms with Crippen LogP contribution in [0, 0.1) is 5.82 Å². The molecule has 0 saturated carbocycles. The predicted octanol–water partition coefficient (Wildman–Crippen LogP) is 5.39. The van der Waals surface area contributed by atoms with Gasteiger partial charge in [0.25, 0.3) is 0 Å². The Labute approximate surface area is 161 Å². The summed E-state index contributed by atoms with van der Waals surface area (Å²) in [7, 11) is 0. The van der Waals surface area contributed by atoms with Crippen molar-refractivity contribution in [3.63, 3.8) is 0 Å². The number of aromatic nitrogens is 1. The van der Waals surface area contributed by atoms with Gasteiger partial charge in [-0.3, -0.25) is 10.1 Å². The fourth-order valence-corrected chi connectivity index (χ4v) is 3.02. The highest BCUT2D eigenvalue weighted by Crippen LogP contribution is 2.26. The van der Waals surface area contributed by atoms with Crippen molar-refractivity contribution in [2.24, 2.45) is 0 Å². The maximum atomic E-state index is 12.9. The van der Waals surface area contributed by atoms with Crippen LogP contribution in [0.5, 0.6) is 5.75 Å². The normalized spacial score (nSPS) is 10.9. The molecule has 1 heterocycles. The average molecular weight is 382 g/mol. The van der Waals surface area contributed by atoms with Crippen LogP contribution in [0.15, 0.2) is 60.0 Å². The molecule has 0 aliphatic heterocycles. The fraction of sp³-hybridized carbons (Fsp3) is 0.143. The van der Waals surface area contributed by atoms with Crippen molar-refractivity contribution in [3.05, 3.63) is 71.4 Å². The molecule has 1 N–H and O–H groups in total. The molecule has 0 radical (unpaired) electrons. The molecule has 1 aromatic heterocycles. The monoisotopic (exact) mass is 382 g/mol. The molecular weight excluding hydrogens is 363 g/mol. The number of ether oxygens (including phenoxy) is 1. The lowest BCUT2D eigenvalue weighted by atomic mass is 10.2. The second-order valence-corrected chi connectivity index (χ2v) is 6.64. The zero-order valence-corrected chi connectivity index (χ0v) is 15.6. The lowest BCUT2D eigenvalue weighted by Crippen LogP contribution is -2.07. The van der Waals surface area contributed by atoms with Crippen LogP contribution in [0.25, 0.3) is 17.3 Å². The van der Waals surface area contributed by atoms with Crippen molar-refractivity contribution in [1.29, 1.82) is 0 Å². The van der Waals surface area contributed by atoms with Crippen LogP contribution in [-0.2, 0) is 4.79 Å². The quantitative estimate of drug-likeness (QED) is 0.558. The summed E-state index contributed by atoms with van der Waals surface area (Å²) in [6, 6.07) is 13.6. The first-order chi connectivity index (χ1) is 13.1. The molecule has 2 aromatic carbocycles. The van der Waals surface area contributed by atoms with Gasteiger partial charge in [0.15, 0.2) is 5.13 Å². The molecule has 0 aliphatic carbocycles. The lowest BCUT2D eigenvalue weighted by molar-refractivity contribution is -0.111. The Hall–Kier alpha value is -2.99. The smallest absolute Gasteiger partial charge is 0.250 e. The van der Waals surface area contributed by atoms with E-state index in [0.717, 1.165) is 29.0 Å². The third kappa shape index (κ3) is 5.49. The largest absolute Gasteiger partial charge is 0.494 e. The average Bonchev–Trinajstić information content (AvgIpc) is 3.14. The van der Waals surface area contributed by atoms with Crippen molar-refractivity contribution in [1.82, 2.24) is 4.98 Å². The highest BCUT2D eigenvalue weighted by atomic mass is 32.1. The third-order valence-electron chi connectivity index (χ3n) is 3.65. The number of carbonyl (C=O) groups is 1. The van der Waals surface area contributed by atoms with Gasteiger partial charge < -0.3 is 4.74 Å². The molecule has 0 atom stereocenters. The number of rotatable bonds is 7. The molecule has 1 amide bonds. The number of nitrogens with one attached hydrogen (secondary N) is 1. The molecule has 0 saturated heterocycles. The zero-order chi connectivity index (χ0) is 19.1. The van der Waals surface area contributed by atoms with Gasteiger partial charge in [0.05, 0.1) is 12.3 Å². The molecule has 6 heteroatoms. The van der Waals surface area contributed by atoms with Crippen molar-refractivity contribution in [2.45, 2.75) is 13.3 Å². The topological polar surface area (TPSA) is 51.2 Å². The molecule has 3 rings (SSSR count). The first kappa shape index (κ1) is 18.8. The summed E-state index contributed by atoms with van der Waals surface area (Å²) in [5, 5.41) is 5.14. The van der Waals surface area contributed by atoms with Crippen molar-refractivity contribution >= 4 is 28.5 Å². The number of amides is 1. The second kappa shape index (κ2) is 9.09. The van der Waals surface area contributed by atoms with E-state index in [9.17, 15) is 9.18 Å². The maximum absolute atomic E-state index is 12.9. The van der Waals surface area contributed by atoms with Gasteiger partial charge in [0.1, 0.15) is 11.6 Å². The number of nitrogens with zero attached hydrogens (tertiary/aromatic N) is 1.